The summed E-state index contributed by atoms with van der Waals surface area (Å²) < 4.78 is 0. The van der Waals surface area contributed by atoms with E-state index in [-0.39, 0.29) is 0 Å². The zero-order chi connectivity index (χ0) is 10.5. The van der Waals surface area contributed by atoms with Gasteiger partial charge < -0.3 is 0 Å². The number of unbranched alkanes of at least 4 members (excludes halogenated alkanes) is 8. The molecule has 14 heavy (non-hydrogen) atoms. The van der Waals surface area contributed by atoms with Crippen LogP contribution in [0.1, 0.15) is 78.1 Å². The molecule has 83 valence electrons. The highest BCUT2D eigenvalue weighted by atomic mass is 14.0. The second-order valence-corrected chi connectivity index (χ2v) is 4.03. The van der Waals surface area contributed by atoms with Gasteiger partial charge in [-0.05, 0) is 25.3 Å². The van der Waals surface area contributed by atoms with Crippen molar-refractivity contribution in [3.05, 3.63) is 12.2 Å². The minimum absolute atomic E-state index is 1.07. The lowest BCUT2D eigenvalue weighted by Gasteiger charge is -1.99. The Balaban J connectivity index is 2.88. The van der Waals surface area contributed by atoms with Gasteiger partial charge in [-0.2, -0.15) is 0 Å². The fraction of sp³-hybridized carbons (Fsp3) is 0.857. The van der Waals surface area contributed by atoms with Gasteiger partial charge in [0.2, 0.25) is 0 Å². The van der Waals surface area contributed by atoms with E-state index in [0.29, 0.717) is 0 Å². The van der Waals surface area contributed by atoms with E-state index in [1.54, 1.807) is 0 Å². The molecule has 0 N–H and O–H groups in total. The molecule has 0 amide bonds. The Bertz CT molecular complexity index is 113. The van der Waals surface area contributed by atoms with Crippen molar-refractivity contribution in [3.8, 4) is 0 Å². The highest BCUT2D eigenvalue weighted by molar-refractivity contribution is 4.71. The highest BCUT2D eigenvalue weighted by Crippen LogP contribution is 2.09. The van der Waals surface area contributed by atoms with E-state index >= 15 is 0 Å². The van der Waals surface area contributed by atoms with Gasteiger partial charge in [0, 0.05) is 0 Å². The molecule has 0 rings (SSSR count). The maximum atomic E-state index is 3.24. The molecule has 0 spiro atoms. The van der Waals surface area contributed by atoms with Crippen LogP contribution in [0.2, 0.25) is 0 Å². The first-order chi connectivity index (χ1) is 6.91. The summed E-state index contributed by atoms with van der Waals surface area (Å²) in [5.74, 6) is 0. The first-order valence-electron chi connectivity index (χ1n) is 6.46. The Morgan fingerprint density at radius 1 is 0.786 bits per heavy atom. The van der Waals surface area contributed by atoms with Crippen LogP contribution in [0.5, 0.6) is 0 Å². The van der Waals surface area contributed by atoms with Crippen molar-refractivity contribution in [2.24, 2.45) is 0 Å². The Labute approximate surface area is 90.8 Å². The first kappa shape index (κ1) is 13.7. The zero-order valence-electron chi connectivity index (χ0n) is 10.1. The smallest absolute Gasteiger partial charge is 0.0308 e. The van der Waals surface area contributed by atoms with Crippen LogP contribution >= 0.6 is 0 Å². The number of rotatable bonds is 10. The van der Waals surface area contributed by atoms with Crippen molar-refractivity contribution in [2.75, 3.05) is 0 Å². The third-order valence-corrected chi connectivity index (χ3v) is 2.55. The lowest BCUT2D eigenvalue weighted by atomic mass is 10.1. The van der Waals surface area contributed by atoms with Crippen LogP contribution in [0.4, 0.5) is 0 Å². The van der Waals surface area contributed by atoms with Gasteiger partial charge in [0.1, 0.15) is 0 Å². The highest BCUT2D eigenvalue weighted by Gasteiger charge is 1.89. The minimum Gasteiger partial charge on any atom is -0.0811 e. The number of hydrogen-bond acceptors (Lipinski definition) is 0. The van der Waals surface area contributed by atoms with Gasteiger partial charge in [-0.1, -0.05) is 64.9 Å². The molecule has 0 aromatic heterocycles. The van der Waals surface area contributed by atoms with Gasteiger partial charge in [-0.3, -0.25) is 0 Å². The summed E-state index contributed by atoms with van der Waals surface area (Å²) in [6.45, 7) is 4.42. The molecule has 0 nitrogen and oxygen atoms in total. The third-order valence-electron chi connectivity index (χ3n) is 2.55. The van der Waals surface area contributed by atoms with E-state index in [4.69, 9.17) is 0 Å². The molecule has 1 radical (unpaired) electrons. The molecule has 0 unspecified atom stereocenters. The lowest BCUT2D eigenvalue weighted by Crippen LogP contribution is -1.79. The van der Waals surface area contributed by atoms with Crippen LogP contribution in [0, 0.1) is 6.08 Å². The van der Waals surface area contributed by atoms with E-state index in [1.807, 2.05) is 0 Å². The van der Waals surface area contributed by atoms with E-state index < -0.39 is 0 Å². The topological polar surface area (TPSA) is 0 Å². The Morgan fingerprint density at radius 3 is 1.93 bits per heavy atom. The summed E-state index contributed by atoms with van der Waals surface area (Å²) >= 11 is 0. The maximum absolute atomic E-state index is 3.24. The zero-order valence-corrected chi connectivity index (χ0v) is 10.1. The monoisotopic (exact) mass is 195 g/mol. The molecule has 0 aromatic carbocycles. The molecule has 0 heterocycles. The van der Waals surface area contributed by atoms with E-state index in [9.17, 15) is 0 Å². The third kappa shape index (κ3) is 11.7. The quantitative estimate of drug-likeness (QED) is 0.416. The largest absolute Gasteiger partial charge is 0.0811 e. The summed E-state index contributed by atoms with van der Waals surface area (Å²) in [5, 5.41) is 0. The van der Waals surface area contributed by atoms with Crippen LogP contribution in [0.15, 0.2) is 6.08 Å². The average molecular weight is 195 g/mol. The maximum Gasteiger partial charge on any atom is -0.0308 e. The van der Waals surface area contributed by atoms with Gasteiger partial charge in [0.25, 0.3) is 0 Å². The normalized spacial score (nSPS) is 11.3. The standard InChI is InChI=1S/C14H27/c1-3-5-7-9-11-13-14-12-10-8-6-4-2/h8H,3-5,7,9-14H2,1-2H3. The molecule has 0 atom stereocenters. The van der Waals surface area contributed by atoms with Crippen molar-refractivity contribution in [2.45, 2.75) is 78.1 Å². The Kier molecular flexibility index (Phi) is 12.5. The second-order valence-electron chi connectivity index (χ2n) is 4.03. The van der Waals surface area contributed by atoms with Gasteiger partial charge in [-0.15, -0.1) is 0 Å². The summed E-state index contributed by atoms with van der Waals surface area (Å²) in [5.41, 5.74) is 0. The van der Waals surface area contributed by atoms with Gasteiger partial charge in [0.15, 0.2) is 0 Å². The molecule has 0 aliphatic heterocycles. The lowest BCUT2D eigenvalue weighted by molar-refractivity contribution is 0.577. The Morgan fingerprint density at radius 2 is 1.36 bits per heavy atom. The molecule has 0 aromatic rings. The molecule has 0 heteroatoms. The predicted molar refractivity (Wildman–Crippen MR) is 65.3 cm³/mol. The molecule has 0 aliphatic carbocycles. The minimum atomic E-state index is 1.07. The number of hydrogen-bond donors (Lipinski definition) is 0. The van der Waals surface area contributed by atoms with Crippen molar-refractivity contribution < 1.29 is 0 Å². The predicted octanol–water partition coefficient (Wildman–Crippen LogP) is 5.29. The van der Waals surface area contributed by atoms with E-state index in [1.165, 1.54) is 57.8 Å². The van der Waals surface area contributed by atoms with Crippen LogP contribution in [-0.4, -0.2) is 0 Å². The van der Waals surface area contributed by atoms with Gasteiger partial charge >= 0.3 is 0 Å². The van der Waals surface area contributed by atoms with Crippen molar-refractivity contribution in [1.29, 1.82) is 0 Å². The van der Waals surface area contributed by atoms with Gasteiger partial charge in [0.05, 0.1) is 0 Å². The van der Waals surface area contributed by atoms with E-state index in [0.717, 1.165) is 6.42 Å². The average Bonchev–Trinajstić information content (AvgIpc) is 2.21. The molecule has 0 aliphatic rings. The molecular formula is C14H27. The molecular weight excluding hydrogens is 168 g/mol. The van der Waals surface area contributed by atoms with E-state index in [2.05, 4.69) is 26.0 Å². The molecule has 0 bridgehead atoms. The first-order valence-corrected chi connectivity index (χ1v) is 6.46. The number of allylic oxidation sites excluding steroid dienone is 2. The SMILES string of the molecule is CC/[C]=C\CCCCCCCCCC. The van der Waals surface area contributed by atoms with Crippen molar-refractivity contribution >= 4 is 0 Å². The summed E-state index contributed by atoms with van der Waals surface area (Å²) in [6, 6.07) is 0. The van der Waals surface area contributed by atoms with Crippen LogP contribution in [-0.2, 0) is 0 Å². The van der Waals surface area contributed by atoms with Crippen molar-refractivity contribution in [3.63, 3.8) is 0 Å². The van der Waals surface area contributed by atoms with Crippen LogP contribution in [0.25, 0.3) is 0 Å². The summed E-state index contributed by atoms with van der Waals surface area (Å²) in [6.07, 6.45) is 19.1. The summed E-state index contributed by atoms with van der Waals surface area (Å²) in [7, 11) is 0. The fourth-order valence-electron chi connectivity index (χ4n) is 1.63. The molecule has 0 saturated heterocycles. The molecule has 0 fully saturated rings. The second kappa shape index (κ2) is 12.7. The van der Waals surface area contributed by atoms with Gasteiger partial charge in [-0.25, -0.2) is 0 Å². The Hall–Kier alpha value is -0.260. The fourth-order valence-corrected chi connectivity index (χ4v) is 1.63. The summed E-state index contributed by atoms with van der Waals surface area (Å²) in [4.78, 5) is 0. The van der Waals surface area contributed by atoms with Crippen molar-refractivity contribution in [1.82, 2.24) is 0 Å². The van der Waals surface area contributed by atoms with Crippen LogP contribution in [0.3, 0.4) is 0 Å². The van der Waals surface area contributed by atoms with Crippen LogP contribution < -0.4 is 0 Å². The molecule has 0 saturated carbocycles.